The van der Waals surface area contributed by atoms with E-state index in [2.05, 4.69) is 15.9 Å². The molecule has 1 aromatic carbocycles. The van der Waals surface area contributed by atoms with E-state index in [1.807, 2.05) is 0 Å². The average molecular weight is 287 g/mol. The monoisotopic (exact) mass is 286 g/mol. The molecule has 1 aliphatic rings. The summed E-state index contributed by atoms with van der Waals surface area (Å²) in [5.74, 6) is -0.596. The maximum Gasteiger partial charge on any atom is 0.339 e. The van der Waals surface area contributed by atoms with Gasteiger partial charge in [-0.1, -0.05) is 15.9 Å². The number of rotatable bonds is 3. The van der Waals surface area contributed by atoms with E-state index in [-0.39, 0.29) is 11.7 Å². The van der Waals surface area contributed by atoms with Gasteiger partial charge in [0.1, 0.15) is 17.4 Å². The van der Waals surface area contributed by atoms with Crippen LogP contribution in [0.3, 0.4) is 0 Å². The maximum atomic E-state index is 11.0. The summed E-state index contributed by atoms with van der Waals surface area (Å²) < 4.78 is 11.5. The molecule has 5 heteroatoms. The van der Waals surface area contributed by atoms with Crippen molar-refractivity contribution in [2.75, 3.05) is 13.2 Å². The van der Waals surface area contributed by atoms with E-state index in [1.54, 1.807) is 12.1 Å². The fraction of sp³-hybridized carbons (Fsp3) is 0.364. The van der Waals surface area contributed by atoms with E-state index in [0.29, 0.717) is 19.0 Å². The normalized spacial score (nSPS) is 19.7. The number of carboxylic acids is 1. The zero-order valence-electron chi connectivity index (χ0n) is 8.48. The zero-order valence-corrected chi connectivity index (χ0v) is 10.1. The third kappa shape index (κ3) is 2.54. The fourth-order valence-electron chi connectivity index (χ4n) is 1.56. The third-order valence-electron chi connectivity index (χ3n) is 2.35. The largest absolute Gasteiger partial charge is 0.487 e. The van der Waals surface area contributed by atoms with Gasteiger partial charge in [-0.15, -0.1) is 0 Å². The van der Waals surface area contributed by atoms with Gasteiger partial charge in [0.05, 0.1) is 13.2 Å². The minimum absolute atomic E-state index is 0.0423. The summed E-state index contributed by atoms with van der Waals surface area (Å²) in [6, 6.07) is 4.96. The Hall–Kier alpha value is -1.07. The molecular weight excluding hydrogens is 276 g/mol. The first-order valence-corrected chi connectivity index (χ1v) is 5.73. The number of benzene rings is 1. The molecule has 0 bridgehead atoms. The molecule has 1 fully saturated rings. The van der Waals surface area contributed by atoms with Crippen LogP contribution in [0.4, 0.5) is 0 Å². The standard InChI is InChI=1S/C11H11BrO4/c12-7-1-2-10(9(5-7)11(13)14)16-8-3-4-15-6-8/h1-2,5,8H,3-4,6H2,(H,13,14). The van der Waals surface area contributed by atoms with E-state index < -0.39 is 5.97 Å². The van der Waals surface area contributed by atoms with Gasteiger partial charge >= 0.3 is 5.97 Å². The van der Waals surface area contributed by atoms with E-state index in [4.69, 9.17) is 14.6 Å². The molecule has 2 rings (SSSR count). The van der Waals surface area contributed by atoms with Gasteiger partial charge in [-0.05, 0) is 18.2 Å². The number of hydrogen-bond donors (Lipinski definition) is 1. The van der Waals surface area contributed by atoms with Crippen LogP contribution in [0, 0.1) is 0 Å². The molecule has 1 saturated heterocycles. The van der Waals surface area contributed by atoms with Crippen molar-refractivity contribution in [2.24, 2.45) is 0 Å². The Morgan fingerprint density at radius 1 is 1.56 bits per heavy atom. The number of carboxylic acid groups (broad SMARTS) is 1. The zero-order chi connectivity index (χ0) is 11.5. The van der Waals surface area contributed by atoms with Crippen LogP contribution in [0.25, 0.3) is 0 Å². The lowest BCUT2D eigenvalue weighted by atomic mass is 10.2. The molecule has 1 aromatic rings. The number of aromatic carboxylic acids is 1. The molecule has 1 aliphatic heterocycles. The van der Waals surface area contributed by atoms with Gasteiger partial charge in [-0.3, -0.25) is 0 Å². The van der Waals surface area contributed by atoms with Crippen molar-refractivity contribution in [3.8, 4) is 5.75 Å². The number of halogens is 1. The lowest BCUT2D eigenvalue weighted by Gasteiger charge is -2.13. The smallest absolute Gasteiger partial charge is 0.339 e. The molecule has 0 amide bonds. The Labute approximate surface area is 101 Å². The van der Waals surface area contributed by atoms with Crippen molar-refractivity contribution in [1.29, 1.82) is 0 Å². The number of ether oxygens (including phenoxy) is 2. The van der Waals surface area contributed by atoms with Crippen molar-refractivity contribution in [1.82, 2.24) is 0 Å². The summed E-state index contributed by atoms with van der Waals surface area (Å²) in [5, 5.41) is 9.03. The van der Waals surface area contributed by atoms with Crippen LogP contribution < -0.4 is 4.74 Å². The molecular formula is C11H11BrO4. The molecule has 0 spiro atoms. The predicted molar refractivity (Wildman–Crippen MR) is 61.0 cm³/mol. The number of carbonyl (C=O) groups is 1. The first-order valence-electron chi connectivity index (χ1n) is 4.94. The van der Waals surface area contributed by atoms with Gasteiger partial charge in [0.15, 0.2) is 0 Å². The molecule has 16 heavy (non-hydrogen) atoms. The van der Waals surface area contributed by atoms with Crippen LogP contribution in [0.15, 0.2) is 22.7 Å². The highest BCUT2D eigenvalue weighted by Gasteiger charge is 2.20. The van der Waals surface area contributed by atoms with Crippen molar-refractivity contribution in [3.63, 3.8) is 0 Å². The van der Waals surface area contributed by atoms with Crippen molar-refractivity contribution < 1.29 is 19.4 Å². The summed E-state index contributed by atoms with van der Waals surface area (Å²) in [5.41, 5.74) is 0.168. The van der Waals surface area contributed by atoms with Crippen LogP contribution in [-0.4, -0.2) is 30.4 Å². The average Bonchev–Trinajstić information content (AvgIpc) is 2.73. The van der Waals surface area contributed by atoms with Crippen molar-refractivity contribution >= 4 is 21.9 Å². The van der Waals surface area contributed by atoms with Gasteiger partial charge in [0, 0.05) is 10.9 Å². The second-order valence-corrected chi connectivity index (χ2v) is 4.46. The third-order valence-corrected chi connectivity index (χ3v) is 2.85. The van der Waals surface area contributed by atoms with E-state index >= 15 is 0 Å². The Balaban J connectivity index is 2.21. The molecule has 0 saturated carbocycles. The Kier molecular flexibility index (Phi) is 3.46. The Bertz CT molecular complexity index is 399. The van der Waals surface area contributed by atoms with Gasteiger partial charge in [-0.2, -0.15) is 0 Å². The summed E-state index contributed by atoms with van der Waals surface area (Å²) >= 11 is 3.23. The van der Waals surface area contributed by atoms with Gasteiger partial charge in [0.2, 0.25) is 0 Å². The SMILES string of the molecule is O=C(O)c1cc(Br)ccc1OC1CCOC1. The molecule has 0 aliphatic carbocycles. The molecule has 1 N–H and O–H groups in total. The maximum absolute atomic E-state index is 11.0. The summed E-state index contributed by atoms with van der Waals surface area (Å²) in [4.78, 5) is 11.0. The van der Waals surface area contributed by atoms with Crippen molar-refractivity contribution in [3.05, 3.63) is 28.2 Å². The molecule has 0 aromatic heterocycles. The van der Waals surface area contributed by atoms with Crippen molar-refractivity contribution in [2.45, 2.75) is 12.5 Å². The summed E-state index contributed by atoms with van der Waals surface area (Å²) in [7, 11) is 0. The topological polar surface area (TPSA) is 55.8 Å². The molecule has 1 unspecified atom stereocenters. The van der Waals surface area contributed by atoms with Gasteiger partial charge in [0.25, 0.3) is 0 Å². The van der Waals surface area contributed by atoms with E-state index in [9.17, 15) is 4.79 Å². The Morgan fingerprint density at radius 3 is 3.00 bits per heavy atom. The minimum Gasteiger partial charge on any atom is -0.487 e. The highest BCUT2D eigenvalue weighted by atomic mass is 79.9. The molecule has 0 radical (unpaired) electrons. The summed E-state index contributed by atoms with van der Waals surface area (Å²) in [6.07, 6.45) is 0.758. The number of hydrogen-bond acceptors (Lipinski definition) is 3. The second kappa shape index (κ2) is 4.84. The minimum atomic E-state index is -0.991. The molecule has 1 heterocycles. The first-order chi connectivity index (χ1) is 7.66. The van der Waals surface area contributed by atoms with Crippen LogP contribution >= 0.6 is 15.9 Å². The van der Waals surface area contributed by atoms with E-state index in [0.717, 1.165) is 10.9 Å². The predicted octanol–water partition coefficient (Wildman–Crippen LogP) is 2.31. The Morgan fingerprint density at radius 2 is 2.38 bits per heavy atom. The van der Waals surface area contributed by atoms with Gasteiger partial charge < -0.3 is 14.6 Å². The highest BCUT2D eigenvalue weighted by Crippen LogP contribution is 2.25. The fourth-order valence-corrected chi connectivity index (χ4v) is 1.92. The van der Waals surface area contributed by atoms with Crippen LogP contribution in [0.2, 0.25) is 0 Å². The van der Waals surface area contributed by atoms with Crippen LogP contribution in [-0.2, 0) is 4.74 Å². The lowest BCUT2D eigenvalue weighted by Crippen LogP contribution is -2.17. The highest BCUT2D eigenvalue weighted by molar-refractivity contribution is 9.10. The molecule has 1 atom stereocenters. The van der Waals surface area contributed by atoms with Gasteiger partial charge in [-0.25, -0.2) is 4.79 Å². The van der Waals surface area contributed by atoms with Crippen LogP contribution in [0.1, 0.15) is 16.8 Å². The molecule has 86 valence electrons. The van der Waals surface area contributed by atoms with Crippen LogP contribution in [0.5, 0.6) is 5.75 Å². The summed E-state index contributed by atoms with van der Waals surface area (Å²) in [6.45, 7) is 1.19. The van der Waals surface area contributed by atoms with E-state index in [1.165, 1.54) is 6.07 Å². The first kappa shape index (κ1) is 11.4. The quantitative estimate of drug-likeness (QED) is 0.927. The molecule has 4 nitrogen and oxygen atoms in total. The lowest BCUT2D eigenvalue weighted by molar-refractivity contribution is 0.0687. The second-order valence-electron chi connectivity index (χ2n) is 3.55.